The van der Waals surface area contributed by atoms with Crippen molar-refractivity contribution in [3.8, 4) is 0 Å². The molecule has 43 heavy (non-hydrogen) atoms. The first-order chi connectivity index (χ1) is 20.9. The van der Waals surface area contributed by atoms with Crippen LogP contribution in [0.3, 0.4) is 0 Å². The van der Waals surface area contributed by atoms with Gasteiger partial charge < -0.3 is 41.3 Å². The van der Waals surface area contributed by atoms with E-state index in [-0.39, 0.29) is 50.0 Å². The maximum absolute atomic E-state index is 12.6. The van der Waals surface area contributed by atoms with Gasteiger partial charge in [0.2, 0.25) is 23.6 Å². The molecule has 13 nitrogen and oxygen atoms in total. The fraction of sp³-hybridized carbons (Fsp3) is 0.600. The minimum absolute atomic E-state index is 0.0582. The van der Waals surface area contributed by atoms with Gasteiger partial charge in [0.1, 0.15) is 18.6 Å². The monoisotopic (exact) mass is 604 g/mol. The molecule has 0 saturated carbocycles. The molecule has 1 aromatic rings. The Labute approximate surface area is 253 Å². The molecular weight excluding hydrogens is 556 g/mol. The molecule has 13 heteroatoms. The molecule has 0 aliphatic carbocycles. The highest BCUT2D eigenvalue weighted by molar-refractivity contribution is 5.90. The molecule has 1 aromatic carbocycles. The molecule has 0 aliphatic rings. The first-order valence-electron chi connectivity index (χ1n) is 15.0. The number of aliphatic hydroxyl groups excluding tert-OH is 1. The Morgan fingerprint density at radius 3 is 2.21 bits per heavy atom. The van der Waals surface area contributed by atoms with Crippen molar-refractivity contribution in [3.05, 3.63) is 35.9 Å². The molecule has 2 atom stereocenters. The van der Waals surface area contributed by atoms with Gasteiger partial charge in [-0.3, -0.25) is 24.5 Å². The number of benzene rings is 1. The van der Waals surface area contributed by atoms with E-state index in [4.69, 9.17) is 5.11 Å². The van der Waals surface area contributed by atoms with E-state index in [1.165, 1.54) is 0 Å². The molecule has 0 aliphatic heterocycles. The van der Waals surface area contributed by atoms with Crippen LogP contribution in [-0.4, -0.2) is 92.8 Å². The Balaban J connectivity index is 2.19. The molecule has 0 fully saturated rings. The summed E-state index contributed by atoms with van der Waals surface area (Å²) in [6.45, 7) is 1.30. The van der Waals surface area contributed by atoms with Gasteiger partial charge in [-0.15, -0.1) is 0 Å². The summed E-state index contributed by atoms with van der Waals surface area (Å²) in [5, 5.41) is 25.4. The number of nitrogens with one attached hydrogen (secondary N) is 6. The average Bonchev–Trinajstić information content (AvgIpc) is 3.01. The van der Waals surface area contributed by atoms with Crippen molar-refractivity contribution in [1.82, 2.24) is 31.9 Å². The molecule has 0 heterocycles. The van der Waals surface area contributed by atoms with Crippen LogP contribution in [0.15, 0.2) is 30.3 Å². The number of amides is 4. The fourth-order valence-electron chi connectivity index (χ4n) is 4.13. The van der Waals surface area contributed by atoms with Crippen LogP contribution in [0.5, 0.6) is 0 Å². The number of hydrogen-bond acceptors (Lipinski definition) is 9. The normalized spacial score (nSPS) is 12.0. The van der Waals surface area contributed by atoms with Crippen molar-refractivity contribution in [2.45, 2.75) is 76.3 Å². The first-order valence-corrected chi connectivity index (χ1v) is 15.0. The third kappa shape index (κ3) is 20.0. The lowest BCUT2D eigenvalue weighted by atomic mass is 10.1. The summed E-state index contributed by atoms with van der Waals surface area (Å²) < 4.78 is 0. The van der Waals surface area contributed by atoms with E-state index in [1.807, 2.05) is 30.3 Å². The quantitative estimate of drug-likeness (QED) is 0.0413. The van der Waals surface area contributed by atoms with Crippen molar-refractivity contribution in [2.24, 2.45) is 0 Å². The molecule has 0 radical (unpaired) electrons. The van der Waals surface area contributed by atoms with Crippen LogP contribution in [0.1, 0.15) is 63.4 Å². The SMILES string of the molecule is O=CCCC(C=O)NCCCC(=O)NCCCCCCC(=O)NCC(=O)NC(Cc1ccccc1)C(=O)NCCNCO. The number of carbonyl (C=O) groups excluding carboxylic acids is 6. The second kappa shape index (κ2) is 24.9. The highest BCUT2D eigenvalue weighted by Crippen LogP contribution is 2.05. The standard InChI is InChI=1S/C30H48N6O7/c37-19-9-12-25(22-38)32-16-8-14-27(40)33-15-7-2-1-6-13-28(41)35-21-29(42)36-26(20-24-10-4-3-5-11-24)30(43)34-18-17-31-23-39/h3-5,10-11,19,22,25-26,31-32,39H,1-2,6-9,12-18,20-21,23H2,(H,33,40)(H,34,43)(H,35,41)(H,36,42). The Bertz CT molecular complexity index is 964. The molecule has 7 N–H and O–H groups in total. The third-order valence-electron chi connectivity index (χ3n) is 6.49. The number of rotatable bonds is 26. The van der Waals surface area contributed by atoms with Gasteiger partial charge in [-0.25, -0.2) is 0 Å². The highest BCUT2D eigenvalue weighted by atomic mass is 16.3. The summed E-state index contributed by atoms with van der Waals surface area (Å²) in [6.07, 6.45) is 6.92. The van der Waals surface area contributed by atoms with E-state index in [9.17, 15) is 28.8 Å². The number of aldehydes is 2. The van der Waals surface area contributed by atoms with Crippen LogP contribution in [0.4, 0.5) is 0 Å². The molecule has 2 unspecified atom stereocenters. The van der Waals surface area contributed by atoms with E-state index in [0.717, 1.165) is 37.4 Å². The molecular formula is C30H48N6O7. The second-order valence-corrected chi connectivity index (χ2v) is 10.1. The Morgan fingerprint density at radius 1 is 0.767 bits per heavy atom. The maximum Gasteiger partial charge on any atom is 0.242 e. The highest BCUT2D eigenvalue weighted by Gasteiger charge is 2.21. The molecule has 1 rings (SSSR count). The second-order valence-electron chi connectivity index (χ2n) is 10.1. The zero-order valence-electron chi connectivity index (χ0n) is 24.9. The van der Waals surface area contributed by atoms with Gasteiger partial charge in [-0.05, 0) is 37.8 Å². The van der Waals surface area contributed by atoms with Crippen molar-refractivity contribution in [1.29, 1.82) is 0 Å². The van der Waals surface area contributed by atoms with Crippen molar-refractivity contribution < 1.29 is 33.9 Å². The van der Waals surface area contributed by atoms with Gasteiger partial charge >= 0.3 is 0 Å². The number of hydrogen-bond donors (Lipinski definition) is 7. The van der Waals surface area contributed by atoms with Crippen molar-refractivity contribution in [2.75, 3.05) is 39.5 Å². The largest absolute Gasteiger partial charge is 0.381 e. The van der Waals surface area contributed by atoms with Crippen LogP contribution in [0.25, 0.3) is 0 Å². The molecule has 0 aromatic heterocycles. The number of carbonyl (C=O) groups is 6. The fourth-order valence-corrected chi connectivity index (χ4v) is 4.13. The third-order valence-corrected chi connectivity index (χ3v) is 6.49. The van der Waals surface area contributed by atoms with E-state index in [2.05, 4.69) is 31.9 Å². The van der Waals surface area contributed by atoms with Gasteiger partial charge in [0.05, 0.1) is 19.3 Å². The molecule has 240 valence electrons. The molecule has 4 amide bonds. The summed E-state index contributed by atoms with van der Waals surface area (Å²) >= 11 is 0. The lowest BCUT2D eigenvalue weighted by molar-refractivity contribution is -0.129. The molecule has 0 saturated heterocycles. The van der Waals surface area contributed by atoms with Gasteiger partial charge in [0.25, 0.3) is 0 Å². The Morgan fingerprint density at radius 2 is 1.49 bits per heavy atom. The predicted octanol–water partition coefficient (Wildman–Crippen LogP) is -0.531. The van der Waals surface area contributed by atoms with Crippen molar-refractivity contribution >= 4 is 36.2 Å². The van der Waals surface area contributed by atoms with E-state index >= 15 is 0 Å². The van der Waals surface area contributed by atoms with Gasteiger partial charge in [0, 0.05) is 45.3 Å². The minimum Gasteiger partial charge on any atom is -0.381 e. The summed E-state index contributed by atoms with van der Waals surface area (Å²) in [5.41, 5.74) is 0.879. The van der Waals surface area contributed by atoms with Gasteiger partial charge in [-0.2, -0.15) is 0 Å². The molecule has 0 bridgehead atoms. The van der Waals surface area contributed by atoms with E-state index < -0.39 is 11.9 Å². The smallest absolute Gasteiger partial charge is 0.242 e. The van der Waals surface area contributed by atoms with Crippen LogP contribution >= 0.6 is 0 Å². The van der Waals surface area contributed by atoms with Gasteiger partial charge in [0.15, 0.2) is 0 Å². The Hall–Kier alpha value is -3.68. The first kappa shape index (κ1) is 37.3. The average molecular weight is 605 g/mol. The van der Waals surface area contributed by atoms with Crippen LogP contribution < -0.4 is 31.9 Å². The minimum atomic E-state index is -0.813. The van der Waals surface area contributed by atoms with E-state index in [1.54, 1.807) is 0 Å². The number of aliphatic hydroxyl groups is 1. The van der Waals surface area contributed by atoms with Crippen LogP contribution in [0.2, 0.25) is 0 Å². The van der Waals surface area contributed by atoms with Crippen LogP contribution in [-0.2, 0) is 35.2 Å². The van der Waals surface area contributed by atoms with E-state index in [0.29, 0.717) is 58.2 Å². The lowest BCUT2D eigenvalue weighted by Crippen LogP contribution is -2.51. The lowest BCUT2D eigenvalue weighted by Gasteiger charge is -2.19. The number of unbranched alkanes of at least 4 members (excludes halogenated alkanes) is 3. The predicted molar refractivity (Wildman–Crippen MR) is 162 cm³/mol. The summed E-state index contributed by atoms with van der Waals surface area (Å²) in [4.78, 5) is 70.5. The zero-order chi connectivity index (χ0) is 31.5. The zero-order valence-corrected chi connectivity index (χ0v) is 24.9. The van der Waals surface area contributed by atoms with Gasteiger partial charge in [-0.1, -0.05) is 43.2 Å². The topological polar surface area (TPSA) is 195 Å². The van der Waals surface area contributed by atoms with Crippen LogP contribution in [0, 0.1) is 0 Å². The summed E-state index contributed by atoms with van der Waals surface area (Å²) in [7, 11) is 0. The summed E-state index contributed by atoms with van der Waals surface area (Å²) in [5.74, 6) is -1.13. The Kier molecular flexibility index (Phi) is 21.6. The molecule has 0 spiro atoms. The van der Waals surface area contributed by atoms with Crippen molar-refractivity contribution in [3.63, 3.8) is 0 Å². The maximum atomic E-state index is 12.6. The summed E-state index contributed by atoms with van der Waals surface area (Å²) in [6, 6.07) is 8.11.